The lowest BCUT2D eigenvalue weighted by atomic mass is 10.1. The van der Waals surface area contributed by atoms with Crippen LogP contribution in [0.25, 0.3) is 0 Å². The zero-order chi connectivity index (χ0) is 105. The Kier molecular flexibility index (Phi) is 51.6. The van der Waals surface area contributed by atoms with Crippen LogP contribution < -0.4 is 51.0 Å². The van der Waals surface area contributed by atoms with Gasteiger partial charge in [-0.3, -0.25) is 54.3 Å². The third kappa shape index (κ3) is 45.6. The fraction of sp³-hybridized carbons (Fsp3) is 0.211. The van der Waals surface area contributed by atoms with Crippen LogP contribution in [0, 0.1) is 58.7 Å². The summed E-state index contributed by atoms with van der Waals surface area (Å²) < 4.78 is 2.61. The maximum atomic E-state index is 11.8. The number of hydrogen-bond acceptors (Lipinski definition) is 29. The minimum absolute atomic E-state index is 0.112. The van der Waals surface area contributed by atoms with E-state index in [4.69, 9.17) is 81.4 Å². The third-order valence-electron chi connectivity index (χ3n) is 19.8. The topological polar surface area (TPSA) is 544 Å². The van der Waals surface area contributed by atoms with Crippen LogP contribution in [0.5, 0.6) is 0 Å². The van der Waals surface area contributed by atoms with Crippen LogP contribution in [0.2, 0.25) is 0 Å². The average molecular weight is 2200 g/mol. The number of hydrogen-bond donors (Lipinski definition) is 12. The summed E-state index contributed by atoms with van der Waals surface area (Å²) in [5.41, 5.74) is 58.2. The number of halogens is 3. The highest BCUT2D eigenvalue weighted by Crippen LogP contribution is 2.33. The number of carboxylic acids is 2. The Morgan fingerprint density at radius 2 is 0.795 bits per heavy atom. The number of nitrogen functional groups attached to an aromatic ring is 5. The Bertz CT molecular complexity index is 6950. The van der Waals surface area contributed by atoms with Gasteiger partial charge in [0.1, 0.15) is 15.8 Å². The number of carbonyl (C=O) groups is 3. The van der Waals surface area contributed by atoms with E-state index in [9.17, 15) is 9.59 Å². The lowest BCUT2D eigenvalue weighted by molar-refractivity contribution is -0.136. The van der Waals surface area contributed by atoms with E-state index in [1.807, 2.05) is 133 Å². The number of aliphatic carboxylic acids is 2. The van der Waals surface area contributed by atoms with Gasteiger partial charge in [0.05, 0.1) is 81.9 Å². The fourth-order valence-electron chi connectivity index (χ4n) is 13.3. The van der Waals surface area contributed by atoms with Crippen molar-refractivity contribution in [3.8, 4) is 48.2 Å². The number of hydrazine groups is 1. The SMILES string of the molecule is Brc1cnc2c(c1)N=C(Cc1ccccc1)C2.C#CCCC#N.CC(=O)O.CCO.N#CCCC#Cc1cnc2c(c1)N=C(Cc1ccccc1)C2.NNC(N)=S.Nc1cc(Br)cnc1N.Nc1cc(Br)cnc1NC(=O)Cc1ccccc1.Nc1nnc(CCC#Cc2cnc3c(c2)N=C(Cc2ccccc2)C3)s1.Nc1nnc(CCCCc2cnc3c(c2)N=C(Cc2ccccc2)C3)s1.O=C(O)Cc1ccccc1. The second kappa shape index (κ2) is 65.3. The molecular formula is C109H110Br3N25O6S3. The maximum absolute atomic E-state index is 11.8. The predicted molar refractivity (Wildman–Crippen MR) is 598 cm³/mol. The number of aryl methyl sites for hydroxylation is 3. The molecular weight excluding hydrogens is 2090 g/mol. The molecule has 4 aliphatic rings. The standard InChI is InChI=1S/C20H21N5S.C20H17N5S.C19H15N3.C14H11BrN2.C13H12BrN3O.C8H8O2.C5H6BrN3.C5H5N.C2H4O2.C2H6O.CH5N3S/c2*21-20-25-24-19(26-20)9-5-4-8-15-11-18-17(22-13-15)12-16(23-18)10-14-6-2-1-3-7-14;20-10-6-2-5-9-16-12-19-18(21-14-16)13-17(22-19)11-15-7-3-1-4-8-15;15-11-7-14-13(16-9-11)8-12(17-14)6-10-4-2-1-3-5-10;14-10-7-11(15)13(16-8-10)17-12(18)6-9-4-2-1-3-5-9;9-8(10)6-7-4-2-1-3-5-7;6-3-1-4(7)5(8)9-2-3;1-2-3-4-5-6;1-2(3)4;1-2-3;2-1(5)4-3/h1-3,6-7,11,13H,4-5,8-10,12H2,(H2,21,25);1-3,6-7,11,13H,5,9-10,12H2,(H2,21,25);1,3-4,7-8,12,14H,2,6,11,13H2;1-5,7,9H,6,8H2;1-5,7-8H,6,15H2,(H,16,17,18);1-5H,6H2,(H,9,10);1-2H,7H2,(H2,8,9);1H,3-4H2;1H3,(H,3,4);3H,2H2,1H3;3H2,(H3,2,4,5). The number of nitrogens with two attached hydrogens (primary N) is 7. The number of fused-ring (bicyclic) bond motifs is 4. The van der Waals surface area contributed by atoms with Crippen molar-refractivity contribution in [3.05, 3.63) is 352 Å². The average Bonchev–Trinajstić information content (AvgIpc) is 1.67. The molecule has 0 radical (unpaired) electrons. The number of terminal acetylenes is 1. The van der Waals surface area contributed by atoms with Gasteiger partial charge in [0.15, 0.2) is 10.9 Å². The number of rotatable bonds is 22. The van der Waals surface area contributed by atoms with E-state index in [0.29, 0.717) is 71.8 Å². The number of aromatic nitrogens is 10. The van der Waals surface area contributed by atoms with E-state index < -0.39 is 11.9 Å². The first-order chi connectivity index (χ1) is 70.6. The summed E-state index contributed by atoms with van der Waals surface area (Å²) in [6.45, 7) is 3.01. The van der Waals surface area contributed by atoms with E-state index in [0.717, 1.165) is 193 Å². The van der Waals surface area contributed by atoms with Crippen molar-refractivity contribution in [3.63, 3.8) is 0 Å². The van der Waals surface area contributed by atoms with Crippen LogP contribution in [0.4, 0.5) is 56.0 Å². The molecule has 4 aliphatic heterocycles. The van der Waals surface area contributed by atoms with Crippen LogP contribution in [0.15, 0.2) is 289 Å². The molecule has 37 heteroatoms. The highest BCUT2D eigenvalue weighted by atomic mass is 79.9. The quantitative estimate of drug-likeness (QED) is 0.00985. The number of nitrogens with zero attached hydrogens (tertiary/aromatic N) is 16. The van der Waals surface area contributed by atoms with Crippen molar-refractivity contribution in [2.24, 2.45) is 31.5 Å². The molecule has 0 fully saturated rings. The summed E-state index contributed by atoms with van der Waals surface area (Å²) in [5, 5.41) is 61.2. The first kappa shape index (κ1) is 115. The van der Waals surface area contributed by atoms with Gasteiger partial charge in [-0.1, -0.05) is 228 Å². The Hall–Kier alpha value is -15.9. The zero-order valence-electron chi connectivity index (χ0n) is 80.3. The van der Waals surface area contributed by atoms with Gasteiger partial charge in [-0.2, -0.15) is 10.5 Å². The van der Waals surface area contributed by atoms with Gasteiger partial charge < -0.3 is 60.5 Å². The zero-order valence-corrected chi connectivity index (χ0v) is 87.5. The molecule has 19 N–H and O–H groups in total. The number of pyridine rings is 6. The predicted octanol–water partition coefficient (Wildman–Crippen LogP) is 19.3. The maximum Gasteiger partial charge on any atom is 0.307 e. The lowest BCUT2D eigenvalue weighted by Gasteiger charge is -2.07. The molecule has 0 saturated heterocycles. The number of unbranched alkanes of at least 4 members (excludes halogenated alkanes) is 3. The molecule has 0 aliphatic carbocycles. The normalized spacial score (nSPS) is 11.0. The number of aliphatic imine (C=N–C) groups is 4. The number of thiocarbonyl (C=S) groups is 1. The van der Waals surface area contributed by atoms with Crippen LogP contribution in [0.3, 0.4) is 0 Å². The van der Waals surface area contributed by atoms with Gasteiger partial charge in [0.25, 0.3) is 5.97 Å². The smallest absolute Gasteiger partial charge is 0.307 e. The van der Waals surface area contributed by atoms with Crippen molar-refractivity contribution in [2.45, 2.75) is 142 Å². The number of nitriles is 2. The lowest BCUT2D eigenvalue weighted by Crippen LogP contribution is -2.34. The molecule has 0 atom stereocenters. The Morgan fingerprint density at radius 3 is 1.17 bits per heavy atom. The van der Waals surface area contributed by atoms with Gasteiger partial charge >= 0.3 is 5.97 Å². The number of carbonyl (C=O) groups excluding carboxylic acids is 1. The Balaban J connectivity index is 0.000000206. The number of aliphatic hydroxyl groups is 1. The molecule has 0 bridgehead atoms. The van der Waals surface area contributed by atoms with Gasteiger partial charge in [-0.15, -0.1) is 32.7 Å². The molecule has 6 aromatic carbocycles. The van der Waals surface area contributed by atoms with E-state index in [1.165, 1.54) is 61.9 Å². The van der Waals surface area contributed by atoms with E-state index in [2.05, 4.69) is 258 Å². The van der Waals surface area contributed by atoms with Crippen LogP contribution in [-0.4, -0.2) is 118 Å². The number of benzene rings is 6. The fourth-order valence-corrected chi connectivity index (χ4v) is 15.6. The summed E-state index contributed by atoms with van der Waals surface area (Å²) in [7, 11) is 0. The summed E-state index contributed by atoms with van der Waals surface area (Å²) in [4.78, 5) is 75.7. The number of nitrogens with one attached hydrogen (secondary N) is 2. The van der Waals surface area contributed by atoms with Crippen molar-refractivity contribution in [1.29, 1.82) is 10.5 Å². The van der Waals surface area contributed by atoms with Crippen LogP contribution >= 0.6 is 82.7 Å². The minimum atomic E-state index is -0.833. The summed E-state index contributed by atoms with van der Waals surface area (Å²) in [6, 6.07) is 76.0. The summed E-state index contributed by atoms with van der Waals surface area (Å²) in [6.07, 6.45) is 30.5. The molecule has 0 saturated carbocycles. The highest BCUT2D eigenvalue weighted by Gasteiger charge is 2.22. The molecule has 18 rings (SSSR count). The first-order valence-electron chi connectivity index (χ1n) is 45.7. The number of aliphatic hydroxyl groups excluding tert-OH is 1. The molecule has 31 nitrogen and oxygen atoms in total. The molecule has 746 valence electrons. The van der Waals surface area contributed by atoms with Crippen molar-refractivity contribution < 1.29 is 29.7 Å². The van der Waals surface area contributed by atoms with Crippen LogP contribution in [0.1, 0.15) is 142 Å². The highest BCUT2D eigenvalue weighted by molar-refractivity contribution is 9.11. The molecule has 12 heterocycles. The summed E-state index contributed by atoms with van der Waals surface area (Å²) in [5.74, 6) is 18.4. The molecule has 0 unspecified atom stereocenters. The number of amides is 1. The van der Waals surface area contributed by atoms with E-state index >= 15 is 0 Å². The largest absolute Gasteiger partial charge is 0.481 e. The number of anilines is 6. The van der Waals surface area contributed by atoms with Crippen LogP contribution in [-0.2, 0) is 97.9 Å². The third-order valence-corrected chi connectivity index (χ3v) is 22.8. The van der Waals surface area contributed by atoms with Gasteiger partial charge in [0, 0.05) is 194 Å². The van der Waals surface area contributed by atoms with Crippen molar-refractivity contribution >= 4 is 185 Å². The molecule has 14 aromatic rings. The molecule has 0 spiro atoms. The van der Waals surface area contributed by atoms with Gasteiger partial charge in [0.2, 0.25) is 16.2 Å². The van der Waals surface area contributed by atoms with Gasteiger partial charge in [-0.05, 0) is 162 Å². The molecule has 8 aromatic heterocycles. The molecule has 1 amide bonds. The van der Waals surface area contributed by atoms with Gasteiger partial charge in [-0.25, -0.2) is 15.8 Å². The minimum Gasteiger partial charge on any atom is -0.481 e. The first-order valence-corrected chi connectivity index (χ1v) is 50.1. The second-order valence-electron chi connectivity index (χ2n) is 31.6. The van der Waals surface area contributed by atoms with Crippen molar-refractivity contribution in [1.82, 2.24) is 55.7 Å². The van der Waals surface area contributed by atoms with Crippen molar-refractivity contribution in [2.75, 3.05) is 40.6 Å². The second-order valence-corrected chi connectivity index (χ2v) is 37.0. The Morgan fingerprint density at radius 1 is 0.445 bits per heavy atom. The summed E-state index contributed by atoms with van der Waals surface area (Å²) >= 11 is 17.0. The van der Waals surface area contributed by atoms with E-state index in [1.54, 1.807) is 49.8 Å². The Labute approximate surface area is 887 Å². The molecule has 146 heavy (non-hydrogen) atoms. The monoisotopic (exact) mass is 2200 g/mol. The van der Waals surface area contributed by atoms with E-state index in [-0.39, 0.29) is 24.0 Å². The number of carboxylic acid groups (broad SMARTS) is 2.